The van der Waals surface area contributed by atoms with Crippen molar-refractivity contribution in [2.75, 3.05) is 18.5 Å². The first-order valence-electron chi connectivity index (χ1n) is 11.2. The molecular formula is C25H24F3N4O3S+. The van der Waals surface area contributed by atoms with Crippen LogP contribution in [-0.4, -0.2) is 45.0 Å². The van der Waals surface area contributed by atoms with E-state index >= 15 is 0 Å². The van der Waals surface area contributed by atoms with Gasteiger partial charge in [0.15, 0.2) is 4.90 Å². The van der Waals surface area contributed by atoms with Crippen molar-refractivity contribution in [1.82, 2.24) is 9.47 Å². The number of carbonyl (C=O) groups excluding carboxylic acids is 1. The van der Waals surface area contributed by atoms with Crippen LogP contribution in [0.2, 0.25) is 0 Å². The summed E-state index contributed by atoms with van der Waals surface area (Å²) in [7, 11) is -2.35. The number of halogens is 3. The molecule has 3 aromatic rings. The first-order chi connectivity index (χ1) is 16.8. The Morgan fingerprint density at radius 3 is 2.33 bits per heavy atom. The van der Waals surface area contributed by atoms with Crippen LogP contribution in [0.1, 0.15) is 35.3 Å². The summed E-state index contributed by atoms with van der Waals surface area (Å²) in [5.41, 5.74) is -0.262. The minimum atomic E-state index is -4.47. The number of carbonyl (C=O) groups is 1. The molecule has 5 rings (SSSR count). The third-order valence-electron chi connectivity index (χ3n) is 6.27. The summed E-state index contributed by atoms with van der Waals surface area (Å²) in [6, 6.07) is 12.6. The fourth-order valence-electron chi connectivity index (χ4n) is 4.59. The maximum atomic E-state index is 14.0. The summed E-state index contributed by atoms with van der Waals surface area (Å²) in [6.07, 6.45) is -2.86. The number of nitrogens with zero attached hydrogens (tertiary/aromatic N) is 4. The van der Waals surface area contributed by atoms with E-state index in [0.717, 1.165) is 12.1 Å². The third-order valence-corrected chi connectivity index (χ3v) is 8.14. The van der Waals surface area contributed by atoms with Gasteiger partial charge in [0.2, 0.25) is 5.96 Å². The maximum Gasteiger partial charge on any atom is 0.416 e. The van der Waals surface area contributed by atoms with E-state index < -0.39 is 33.4 Å². The Morgan fingerprint density at radius 2 is 1.72 bits per heavy atom. The highest BCUT2D eigenvalue weighted by Gasteiger charge is 2.50. The Kier molecular flexibility index (Phi) is 5.42. The number of aliphatic imine (C=N–C) groups is 1. The summed E-state index contributed by atoms with van der Waals surface area (Å²) in [6.45, 7) is 4.30. The molecule has 0 bridgehead atoms. The van der Waals surface area contributed by atoms with E-state index in [2.05, 4.69) is 4.99 Å². The third kappa shape index (κ3) is 3.92. The van der Waals surface area contributed by atoms with Gasteiger partial charge in [-0.15, -0.1) is 0 Å². The molecule has 7 nitrogen and oxygen atoms in total. The molecule has 1 aromatic heterocycles. The lowest BCUT2D eigenvalue weighted by molar-refractivity contribution is -0.137. The zero-order chi connectivity index (χ0) is 26.0. The molecule has 0 aliphatic carbocycles. The number of rotatable bonds is 4. The molecule has 0 fully saturated rings. The van der Waals surface area contributed by atoms with Crippen LogP contribution in [0.5, 0.6) is 0 Å². The average Bonchev–Trinajstić information content (AvgIpc) is 3.35. The summed E-state index contributed by atoms with van der Waals surface area (Å²) in [5, 5.41) is -0.0933. The van der Waals surface area contributed by atoms with Gasteiger partial charge >= 0.3 is 6.18 Å². The Hall–Kier alpha value is -3.44. The molecule has 2 aliphatic heterocycles. The first-order valence-corrected chi connectivity index (χ1v) is 12.7. The number of hydrogen-bond acceptors (Lipinski definition) is 4. The number of amides is 1. The van der Waals surface area contributed by atoms with Gasteiger partial charge in [-0.05, 0) is 43.7 Å². The zero-order valence-electron chi connectivity index (χ0n) is 19.8. The lowest BCUT2D eigenvalue weighted by Gasteiger charge is -2.31. The Morgan fingerprint density at radius 1 is 1.08 bits per heavy atom. The van der Waals surface area contributed by atoms with Crippen molar-refractivity contribution in [1.29, 1.82) is 0 Å². The van der Waals surface area contributed by atoms with Gasteiger partial charge in [-0.3, -0.25) is 14.3 Å². The van der Waals surface area contributed by atoms with Crippen molar-refractivity contribution in [2.45, 2.75) is 42.0 Å². The standard InChI is InChI=1S/C25H23F3N4O3S/c1-24(2)15-32-19-14-31(13-16-9-11-17(12-10-16)25(26,27)28)22(20(19)21(33)30(3)23(32)29-24)36(34,35)18-7-5-4-6-8-18/h4-12,14H,13,15H2,1-3H3/p+1. The summed E-state index contributed by atoms with van der Waals surface area (Å²) in [5.74, 6) is -0.0311. The predicted molar refractivity (Wildman–Crippen MR) is 130 cm³/mol. The van der Waals surface area contributed by atoms with Crippen LogP contribution in [0.3, 0.4) is 0 Å². The van der Waals surface area contributed by atoms with Gasteiger partial charge < -0.3 is 4.90 Å². The highest BCUT2D eigenvalue weighted by molar-refractivity contribution is 7.97. The topological polar surface area (TPSA) is 78.1 Å². The molecule has 1 unspecified atom stereocenters. The molecule has 1 amide bonds. The van der Waals surface area contributed by atoms with Gasteiger partial charge in [-0.25, -0.2) is 4.99 Å². The Labute approximate surface area is 207 Å². The molecule has 0 radical (unpaired) electrons. The Bertz CT molecular complexity index is 1430. The summed E-state index contributed by atoms with van der Waals surface area (Å²) >= 11 is 0. The van der Waals surface area contributed by atoms with Crippen molar-refractivity contribution in [3.05, 3.63) is 77.5 Å². The van der Waals surface area contributed by atoms with Crippen LogP contribution in [0.4, 0.5) is 18.9 Å². The number of benzene rings is 2. The fourth-order valence-corrected chi connectivity index (χ4v) is 6.24. The molecular weight excluding hydrogens is 493 g/mol. The molecule has 3 heterocycles. The fraction of sp³-hybridized carbons (Fsp3) is 0.280. The Balaban J connectivity index is 1.69. The highest BCUT2D eigenvalue weighted by atomic mass is 32.3. The molecule has 36 heavy (non-hydrogen) atoms. The van der Waals surface area contributed by atoms with Crippen LogP contribution < -0.4 is 4.90 Å². The quantitative estimate of drug-likeness (QED) is 0.495. The molecule has 0 saturated heterocycles. The summed E-state index contributed by atoms with van der Waals surface area (Å²) < 4.78 is 66.0. The van der Waals surface area contributed by atoms with E-state index in [1.54, 1.807) is 31.4 Å². The van der Waals surface area contributed by atoms with E-state index in [9.17, 15) is 26.7 Å². The van der Waals surface area contributed by atoms with Gasteiger partial charge in [0.1, 0.15) is 5.56 Å². The lowest BCUT2D eigenvalue weighted by Crippen LogP contribution is -2.48. The van der Waals surface area contributed by atoms with Crippen LogP contribution in [0.15, 0.2) is 75.7 Å². The zero-order valence-corrected chi connectivity index (χ0v) is 20.6. The highest BCUT2D eigenvalue weighted by Crippen LogP contribution is 2.42. The second-order valence-corrected chi connectivity index (χ2v) is 11.4. The van der Waals surface area contributed by atoms with Crippen molar-refractivity contribution >= 4 is 27.8 Å². The average molecular weight is 518 g/mol. The van der Waals surface area contributed by atoms with Crippen molar-refractivity contribution in [3.63, 3.8) is 0 Å². The number of hydrogen-bond donors (Lipinski definition) is 1. The first kappa shape index (κ1) is 24.3. The van der Waals surface area contributed by atoms with Crippen LogP contribution in [-0.2, 0) is 27.1 Å². The number of alkyl halides is 3. The minimum absolute atomic E-state index is 0.00838. The normalized spacial score (nSPS) is 18.5. The van der Waals surface area contributed by atoms with Crippen molar-refractivity contribution < 1.29 is 26.7 Å². The smallest absolute Gasteiger partial charge is 0.307 e. The molecule has 188 valence electrons. The molecule has 1 N–H and O–H groups in total. The van der Waals surface area contributed by atoms with E-state index in [4.69, 9.17) is 0 Å². The number of fused-ring (bicyclic) bond motifs is 3. The number of guanidine groups is 1. The molecule has 0 spiro atoms. The van der Waals surface area contributed by atoms with Gasteiger partial charge in [0.05, 0.1) is 29.9 Å². The van der Waals surface area contributed by atoms with Crippen molar-refractivity contribution in [3.8, 4) is 0 Å². The maximum absolute atomic E-state index is 14.0. The largest absolute Gasteiger partial charge is 0.416 e. The second kappa shape index (κ2) is 8.04. The second-order valence-electron chi connectivity index (χ2n) is 9.53. The molecule has 2 aliphatic rings. The van der Waals surface area contributed by atoms with Gasteiger partial charge in [0, 0.05) is 13.2 Å². The van der Waals surface area contributed by atoms with Crippen molar-refractivity contribution in [2.24, 2.45) is 4.99 Å². The van der Waals surface area contributed by atoms with Crippen LogP contribution in [0, 0.1) is 0 Å². The minimum Gasteiger partial charge on any atom is -0.307 e. The van der Waals surface area contributed by atoms with E-state index in [0.29, 0.717) is 23.8 Å². The van der Waals surface area contributed by atoms with E-state index in [1.165, 1.54) is 33.7 Å². The summed E-state index contributed by atoms with van der Waals surface area (Å²) in [4.78, 5) is 21.5. The van der Waals surface area contributed by atoms with Gasteiger partial charge in [-0.2, -0.15) is 17.7 Å². The number of aromatic nitrogens is 1. The van der Waals surface area contributed by atoms with Crippen LogP contribution in [0.25, 0.3) is 0 Å². The lowest BCUT2D eigenvalue weighted by atomic mass is 10.1. The van der Waals surface area contributed by atoms with E-state index in [1.807, 2.05) is 18.7 Å². The molecule has 11 heteroatoms. The SMILES string of the molecule is CN1C(=O)c2c(cn(Cc3ccc(C(F)(F)F)cc3)c2[S+](=O)(O)c2ccccc2)N2CC(C)(C)N=C12. The van der Waals surface area contributed by atoms with Crippen LogP contribution >= 0.6 is 0 Å². The predicted octanol–water partition coefficient (Wildman–Crippen LogP) is 4.99. The molecule has 1 atom stereocenters. The monoisotopic (exact) mass is 517 g/mol. The van der Waals surface area contributed by atoms with E-state index in [-0.39, 0.29) is 22.0 Å². The van der Waals surface area contributed by atoms with Gasteiger partial charge in [-0.1, -0.05) is 34.5 Å². The molecule has 0 saturated carbocycles. The van der Waals surface area contributed by atoms with Gasteiger partial charge in [0.25, 0.3) is 21.1 Å². The number of anilines is 1. The molecule has 2 aromatic carbocycles.